The fourth-order valence-electron chi connectivity index (χ4n) is 2.80. The Hall–Kier alpha value is -2.59. The van der Waals surface area contributed by atoms with Crippen molar-refractivity contribution >= 4 is 17.3 Å². The Morgan fingerprint density at radius 3 is 2.35 bits per heavy atom. The second-order valence-electron chi connectivity index (χ2n) is 5.28. The second-order valence-corrected chi connectivity index (χ2v) is 6.31. The Morgan fingerprint density at radius 1 is 0.957 bits per heavy atom. The van der Waals surface area contributed by atoms with E-state index in [1.165, 1.54) is 0 Å². The number of carbonyl (C=O) groups is 1. The van der Waals surface area contributed by atoms with Crippen molar-refractivity contribution in [3.63, 3.8) is 0 Å². The van der Waals surface area contributed by atoms with Crippen LogP contribution >= 0.6 is 11.3 Å². The highest BCUT2D eigenvalue weighted by Gasteiger charge is 2.31. The summed E-state index contributed by atoms with van der Waals surface area (Å²) in [5, 5.41) is 0. The van der Waals surface area contributed by atoms with E-state index >= 15 is 0 Å². The van der Waals surface area contributed by atoms with Crippen LogP contribution in [0.2, 0.25) is 0 Å². The molecule has 4 heteroatoms. The Kier molecular flexibility index (Phi) is 3.39. The van der Waals surface area contributed by atoms with Crippen LogP contribution in [0.5, 0.6) is 5.75 Å². The number of hydrogen-bond donors (Lipinski definition) is 0. The number of methoxy groups -OCH3 is 1. The summed E-state index contributed by atoms with van der Waals surface area (Å²) in [6.45, 7) is 0.352. The molecule has 0 saturated heterocycles. The number of hydrogen-bond acceptors (Lipinski definition) is 4. The van der Waals surface area contributed by atoms with E-state index in [0.29, 0.717) is 12.2 Å². The Bertz CT molecular complexity index is 864. The van der Waals surface area contributed by atoms with E-state index in [4.69, 9.17) is 9.47 Å². The number of thiophene rings is 1. The van der Waals surface area contributed by atoms with Crippen LogP contribution < -0.4 is 4.74 Å². The maximum Gasteiger partial charge on any atom is 0.340 e. The Labute approximate surface area is 138 Å². The van der Waals surface area contributed by atoms with Gasteiger partial charge in [0.2, 0.25) is 0 Å². The zero-order chi connectivity index (χ0) is 15.8. The first-order chi connectivity index (χ1) is 11.3. The fourth-order valence-corrected chi connectivity index (χ4v) is 4.10. The van der Waals surface area contributed by atoms with Crippen LogP contribution in [0.3, 0.4) is 0 Å². The number of cyclic esters (lactones) is 1. The van der Waals surface area contributed by atoms with Crippen molar-refractivity contribution in [2.75, 3.05) is 7.11 Å². The normalized spacial score (nSPS) is 12.8. The molecular formula is C19H14O3S. The fraction of sp³-hybridized carbons (Fsp3) is 0.105. The zero-order valence-electron chi connectivity index (χ0n) is 12.5. The van der Waals surface area contributed by atoms with Gasteiger partial charge >= 0.3 is 5.97 Å². The summed E-state index contributed by atoms with van der Waals surface area (Å²) in [6, 6.07) is 17.9. The minimum absolute atomic E-state index is 0.232. The molecule has 0 amide bonds. The SMILES string of the molecule is COc1ccc(-c2sc(-c3ccccc3)c3c2C(=O)OC3)cc1. The molecule has 0 atom stereocenters. The van der Waals surface area contributed by atoms with E-state index < -0.39 is 0 Å². The summed E-state index contributed by atoms with van der Waals surface area (Å²) in [4.78, 5) is 14.3. The molecule has 0 radical (unpaired) electrons. The van der Waals surface area contributed by atoms with Crippen molar-refractivity contribution in [2.24, 2.45) is 0 Å². The van der Waals surface area contributed by atoms with E-state index in [2.05, 4.69) is 12.1 Å². The molecule has 0 N–H and O–H groups in total. The van der Waals surface area contributed by atoms with Gasteiger partial charge in [0.1, 0.15) is 12.4 Å². The van der Waals surface area contributed by atoms with Gasteiger partial charge in [-0.15, -0.1) is 11.3 Å². The number of fused-ring (bicyclic) bond motifs is 1. The molecule has 1 aromatic heterocycles. The average molecular weight is 322 g/mol. The molecule has 0 saturated carbocycles. The lowest BCUT2D eigenvalue weighted by Gasteiger charge is -2.03. The topological polar surface area (TPSA) is 35.5 Å². The molecule has 3 nitrogen and oxygen atoms in total. The molecule has 0 bridgehead atoms. The van der Waals surface area contributed by atoms with E-state index in [-0.39, 0.29) is 5.97 Å². The molecule has 1 aliphatic heterocycles. The molecule has 0 aliphatic carbocycles. The van der Waals surface area contributed by atoms with Crippen molar-refractivity contribution in [3.05, 3.63) is 65.7 Å². The lowest BCUT2D eigenvalue weighted by Crippen LogP contribution is -1.94. The van der Waals surface area contributed by atoms with Gasteiger partial charge in [-0.2, -0.15) is 0 Å². The third kappa shape index (κ3) is 2.32. The Morgan fingerprint density at radius 2 is 1.65 bits per heavy atom. The number of carbonyl (C=O) groups excluding carboxylic acids is 1. The third-order valence-corrected chi connectivity index (χ3v) is 5.28. The van der Waals surface area contributed by atoms with Crippen molar-refractivity contribution in [1.82, 2.24) is 0 Å². The van der Waals surface area contributed by atoms with Gasteiger partial charge < -0.3 is 9.47 Å². The van der Waals surface area contributed by atoms with Gasteiger partial charge in [-0.05, 0) is 35.4 Å². The Balaban J connectivity index is 1.89. The molecular weight excluding hydrogens is 308 g/mol. The lowest BCUT2D eigenvalue weighted by molar-refractivity contribution is 0.0536. The highest BCUT2D eigenvalue weighted by Crippen LogP contribution is 2.45. The van der Waals surface area contributed by atoms with Gasteiger partial charge in [-0.25, -0.2) is 4.79 Å². The summed E-state index contributed by atoms with van der Waals surface area (Å²) in [6.07, 6.45) is 0. The van der Waals surface area contributed by atoms with Crippen LogP contribution in [0, 0.1) is 0 Å². The zero-order valence-corrected chi connectivity index (χ0v) is 13.4. The first kappa shape index (κ1) is 14.0. The van der Waals surface area contributed by atoms with E-state index in [1.807, 2.05) is 42.5 Å². The summed E-state index contributed by atoms with van der Waals surface area (Å²) < 4.78 is 10.5. The maximum absolute atomic E-state index is 12.2. The van der Waals surface area contributed by atoms with Crippen LogP contribution in [0.4, 0.5) is 0 Å². The summed E-state index contributed by atoms with van der Waals surface area (Å²) >= 11 is 1.64. The van der Waals surface area contributed by atoms with Gasteiger partial charge in [0, 0.05) is 15.3 Å². The minimum atomic E-state index is -0.232. The summed E-state index contributed by atoms with van der Waals surface area (Å²) in [7, 11) is 1.64. The van der Waals surface area contributed by atoms with Crippen LogP contribution in [-0.4, -0.2) is 13.1 Å². The van der Waals surface area contributed by atoms with E-state index in [0.717, 1.165) is 32.2 Å². The maximum atomic E-state index is 12.2. The lowest BCUT2D eigenvalue weighted by atomic mass is 10.0. The summed E-state index contributed by atoms with van der Waals surface area (Å²) in [5.74, 6) is 0.567. The van der Waals surface area contributed by atoms with Crippen molar-refractivity contribution in [1.29, 1.82) is 0 Å². The van der Waals surface area contributed by atoms with Gasteiger partial charge in [0.15, 0.2) is 0 Å². The smallest absolute Gasteiger partial charge is 0.340 e. The van der Waals surface area contributed by atoms with Crippen molar-refractivity contribution in [2.45, 2.75) is 6.61 Å². The molecule has 1 aliphatic rings. The number of esters is 1. The average Bonchev–Trinajstić information content (AvgIpc) is 3.17. The van der Waals surface area contributed by atoms with E-state index in [1.54, 1.807) is 18.4 Å². The van der Waals surface area contributed by atoms with Crippen LogP contribution in [0.25, 0.3) is 20.9 Å². The van der Waals surface area contributed by atoms with Crippen LogP contribution in [-0.2, 0) is 11.3 Å². The first-order valence-corrected chi connectivity index (χ1v) is 8.12. The van der Waals surface area contributed by atoms with Gasteiger partial charge in [-0.1, -0.05) is 30.3 Å². The van der Waals surface area contributed by atoms with E-state index in [9.17, 15) is 4.79 Å². The largest absolute Gasteiger partial charge is 0.497 e. The van der Waals surface area contributed by atoms with Gasteiger partial charge in [0.05, 0.1) is 12.7 Å². The van der Waals surface area contributed by atoms with Crippen molar-refractivity contribution in [3.8, 4) is 26.6 Å². The van der Waals surface area contributed by atoms with Crippen LogP contribution in [0.1, 0.15) is 15.9 Å². The standard InChI is InChI=1S/C19H14O3S/c1-21-14-9-7-13(8-10-14)18-16-15(11-22-19(16)20)17(23-18)12-5-3-2-4-6-12/h2-10H,11H2,1H3. The molecule has 0 spiro atoms. The summed E-state index contributed by atoms with van der Waals surface area (Å²) in [5.41, 5.74) is 3.83. The molecule has 3 aromatic rings. The minimum Gasteiger partial charge on any atom is -0.497 e. The van der Waals surface area contributed by atoms with Gasteiger partial charge in [-0.3, -0.25) is 0 Å². The van der Waals surface area contributed by atoms with Crippen LogP contribution in [0.15, 0.2) is 54.6 Å². The monoisotopic (exact) mass is 322 g/mol. The number of ether oxygens (including phenoxy) is 2. The number of benzene rings is 2. The highest BCUT2D eigenvalue weighted by molar-refractivity contribution is 7.19. The predicted molar refractivity (Wildman–Crippen MR) is 90.9 cm³/mol. The molecule has 23 heavy (non-hydrogen) atoms. The third-order valence-electron chi connectivity index (χ3n) is 3.95. The molecule has 2 heterocycles. The molecule has 114 valence electrons. The molecule has 2 aromatic carbocycles. The molecule has 4 rings (SSSR count). The first-order valence-electron chi connectivity index (χ1n) is 7.30. The molecule has 0 unspecified atom stereocenters. The second kappa shape index (κ2) is 5.56. The predicted octanol–water partition coefficient (Wildman–Crippen LogP) is 4.76. The molecule has 0 fully saturated rings. The van der Waals surface area contributed by atoms with Crippen molar-refractivity contribution < 1.29 is 14.3 Å². The quantitative estimate of drug-likeness (QED) is 0.652. The highest BCUT2D eigenvalue weighted by atomic mass is 32.1. The van der Waals surface area contributed by atoms with Gasteiger partial charge in [0.25, 0.3) is 0 Å². The number of rotatable bonds is 3.